The fourth-order valence-electron chi connectivity index (χ4n) is 3.29. The van der Waals surface area contributed by atoms with Gasteiger partial charge in [-0.2, -0.15) is 0 Å². The van der Waals surface area contributed by atoms with Crippen molar-refractivity contribution in [1.82, 2.24) is 15.0 Å². The van der Waals surface area contributed by atoms with E-state index in [1.165, 1.54) is 18.6 Å². The molecule has 1 fully saturated rings. The van der Waals surface area contributed by atoms with Crippen molar-refractivity contribution in [2.24, 2.45) is 0 Å². The van der Waals surface area contributed by atoms with Crippen LogP contribution in [0.2, 0.25) is 5.02 Å². The van der Waals surface area contributed by atoms with Crippen LogP contribution in [0.1, 0.15) is 24.8 Å². The number of anilines is 1. The van der Waals surface area contributed by atoms with Gasteiger partial charge in [-0.3, -0.25) is 0 Å². The smallest absolute Gasteiger partial charge is 0.225 e. The summed E-state index contributed by atoms with van der Waals surface area (Å²) in [7, 11) is 0. The predicted octanol–water partition coefficient (Wildman–Crippen LogP) is 4.61. The quantitative estimate of drug-likeness (QED) is 0.657. The van der Waals surface area contributed by atoms with Crippen LogP contribution in [-0.4, -0.2) is 33.1 Å². The number of rotatable bonds is 5. The van der Waals surface area contributed by atoms with E-state index in [-0.39, 0.29) is 17.5 Å². The third-order valence-electron chi connectivity index (χ3n) is 4.68. The third kappa shape index (κ3) is 4.81. The largest absolute Gasteiger partial charge is 0.436 e. The maximum atomic E-state index is 13.7. The van der Waals surface area contributed by atoms with Gasteiger partial charge in [0.05, 0.1) is 24.7 Å². The zero-order valence-electron chi connectivity index (χ0n) is 15.7. The second-order valence-electron chi connectivity index (χ2n) is 6.88. The van der Waals surface area contributed by atoms with E-state index in [1.807, 2.05) is 0 Å². The third-order valence-corrected chi connectivity index (χ3v) is 4.90. The zero-order chi connectivity index (χ0) is 20.2. The van der Waals surface area contributed by atoms with Crippen molar-refractivity contribution in [3.05, 3.63) is 59.1 Å². The van der Waals surface area contributed by atoms with Crippen LogP contribution >= 0.6 is 11.6 Å². The van der Waals surface area contributed by atoms with Gasteiger partial charge < -0.3 is 14.7 Å². The summed E-state index contributed by atoms with van der Waals surface area (Å²) >= 11 is 5.95. The van der Waals surface area contributed by atoms with Gasteiger partial charge in [0.15, 0.2) is 5.75 Å². The lowest BCUT2D eigenvalue weighted by Crippen LogP contribution is -2.30. The number of ether oxygens (including phenoxy) is 1. The van der Waals surface area contributed by atoms with Crippen LogP contribution in [0.25, 0.3) is 11.3 Å². The lowest BCUT2D eigenvalue weighted by molar-refractivity contribution is 0.281. The number of pyridine rings is 1. The van der Waals surface area contributed by atoms with E-state index in [9.17, 15) is 9.50 Å². The Morgan fingerprint density at radius 2 is 1.79 bits per heavy atom. The van der Waals surface area contributed by atoms with Gasteiger partial charge in [-0.1, -0.05) is 11.6 Å². The van der Waals surface area contributed by atoms with E-state index < -0.39 is 5.82 Å². The van der Waals surface area contributed by atoms with Gasteiger partial charge in [0.25, 0.3) is 0 Å². The topological polar surface area (TPSA) is 71.4 Å². The molecule has 3 aromatic rings. The van der Waals surface area contributed by atoms with Gasteiger partial charge >= 0.3 is 0 Å². The number of hydrogen-bond donors (Lipinski definition) is 1. The number of aromatic nitrogens is 3. The van der Waals surface area contributed by atoms with E-state index in [4.69, 9.17) is 16.3 Å². The van der Waals surface area contributed by atoms with Crippen molar-refractivity contribution < 1.29 is 14.2 Å². The van der Waals surface area contributed by atoms with Crippen LogP contribution in [0.15, 0.2) is 42.7 Å². The summed E-state index contributed by atoms with van der Waals surface area (Å²) < 4.78 is 19.5. The first-order valence-corrected chi connectivity index (χ1v) is 9.81. The van der Waals surface area contributed by atoms with Crippen molar-refractivity contribution in [3.63, 3.8) is 0 Å². The number of nitrogens with zero attached hydrogens (tertiary/aromatic N) is 4. The van der Waals surface area contributed by atoms with Gasteiger partial charge in [-0.05, 0) is 49.1 Å². The van der Waals surface area contributed by atoms with Crippen LogP contribution in [0.4, 0.5) is 10.3 Å². The Hall–Kier alpha value is -2.77. The second kappa shape index (κ2) is 8.71. The molecule has 0 unspecified atom stereocenters. The summed E-state index contributed by atoms with van der Waals surface area (Å²) in [6.07, 6.45) is 6.73. The first kappa shape index (κ1) is 19.5. The second-order valence-corrected chi connectivity index (χ2v) is 7.32. The normalized spacial score (nSPS) is 14.1. The van der Waals surface area contributed by atoms with Crippen molar-refractivity contribution in [2.75, 3.05) is 18.0 Å². The molecule has 0 spiro atoms. The molecule has 0 radical (unpaired) electrons. The van der Waals surface area contributed by atoms with E-state index in [2.05, 4.69) is 19.9 Å². The Morgan fingerprint density at radius 1 is 1.03 bits per heavy atom. The lowest BCUT2D eigenvalue weighted by Gasteiger charge is -2.26. The summed E-state index contributed by atoms with van der Waals surface area (Å²) in [5, 5.41) is 9.84. The average Bonchev–Trinajstić information content (AvgIpc) is 2.74. The maximum Gasteiger partial charge on any atom is 0.225 e. The van der Waals surface area contributed by atoms with Crippen LogP contribution in [0, 0.1) is 5.82 Å². The Morgan fingerprint density at radius 3 is 2.48 bits per heavy atom. The molecule has 1 aliphatic heterocycles. The molecule has 1 saturated heterocycles. The van der Waals surface area contributed by atoms with E-state index in [1.54, 1.807) is 30.6 Å². The van der Waals surface area contributed by atoms with Crippen molar-refractivity contribution in [2.45, 2.75) is 25.9 Å². The fraction of sp³-hybridized carbons (Fsp3) is 0.286. The molecule has 1 aromatic carbocycles. The van der Waals surface area contributed by atoms with Crippen molar-refractivity contribution >= 4 is 17.5 Å². The van der Waals surface area contributed by atoms with Crippen molar-refractivity contribution in [1.29, 1.82) is 0 Å². The molecule has 4 rings (SSSR count). The minimum atomic E-state index is -0.465. The molecule has 0 saturated carbocycles. The van der Waals surface area contributed by atoms with Gasteiger partial charge in [0, 0.05) is 29.7 Å². The minimum Gasteiger partial charge on any atom is -0.436 e. The zero-order valence-corrected chi connectivity index (χ0v) is 16.4. The number of benzene rings is 1. The van der Waals surface area contributed by atoms with E-state index in [0.29, 0.717) is 28.5 Å². The highest BCUT2D eigenvalue weighted by Crippen LogP contribution is 2.28. The monoisotopic (exact) mass is 414 g/mol. The molecule has 1 N–H and O–H groups in total. The van der Waals surface area contributed by atoms with Crippen LogP contribution in [0.3, 0.4) is 0 Å². The Bertz CT molecular complexity index is 974. The number of aliphatic hydroxyl groups is 1. The fourth-order valence-corrected chi connectivity index (χ4v) is 3.51. The maximum absolute atomic E-state index is 13.7. The number of piperidine rings is 1. The highest BCUT2D eigenvalue weighted by atomic mass is 35.5. The van der Waals surface area contributed by atoms with E-state index in [0.717, 1.165) is 25.9 Å². The van der Waals surface area contributed by atoms with Crippen LogP contribution < -0.4 is 9.64 Å². The molecule has 0 atom stereocenters. The molecule has 6 nitrogen and oxygen atoms in total. The molecule has 8 heteroatoms. The Labute approximate surface area is 173 Å². The van der Waals surface area contributed by atoms with Gasteiger partial charge in [-0.15, -0.1) is 0 Å². The molecule has 29 heavy (non-hydrogen) atoms. The number of aliphatic hydroxyl groups excluding tert-OH is 1. The van der Waals surface area contributed by atoms with Crippen molar-refractivity contribution in [3.8, 4) is 22.9 Å². The lowest BCUT2D eigenvalue weighted by atomic mass is 10.1. The molecule has 1 aliphatic rings. The van der Waals surface area contributed by atoms with Gasteiger partial charge in [0.2, 0.25) is 11.8 Å². The number of halogens is 2. The first-order valence-electron chi connectivity index (χ1n) is 9.44. The summed E-state index contributed by atoms with van der Waals surface area (Å²) in [4.78, 5) is 15.4. The van der Waals surface area contributed by atoms with Crippen LogP contribution in [-0.2, 0) is 6.61 Å². The molecule has 3 heterocycles. The average molecular weight is 415 g/mol. The Balaban J connectivity index is 1.58. The highest BCUT2D eigenvalue weighted by Gasteiger charge is 2.14. The summed E-state index contributed by atoms with van der Waals surface area (Å²) in [5.74, 6) is 0.898. The summed E-state index contributed by atoms with van der Waals surface area (Å²) in [6.45, 7) is 1.71. The molecular formula is C21H20ClFN4O2. The molecular weight excluding hydrogens is 395 g/mol. The molecule has 0 bridgehead atoms. The summed E-state index contributed by atoms with van der Waals surface area (Å²) in [6, 6.07) is 7.43. The SMILES string of the molecule is OCc1cc(Oc2cnc(N3CCCCC3)nc2)nc(-c2cc(F)cc(Cl)c2)c1. The predicted molar refractivity (Wildman–Crippen MR) is 109 cm³/mol. The standard InChI is InChI=1S/C21H20ClFN4O2/c22-16-8-15(9-17(23)10-16)19-6-14(13-28)7-20(26-19)29-18-11-24-21(25-12-18)27-4-2-1-3-5-27/h6-12,28H,1-5,13H2. The van der Waals surface area contributed by atoms with Gasteiger partial charge in [-0.25, -0.2) is 19.3 Å². The highest BCUT2D eigenvalue weighted by molar-refractivity contribution is 6.30. The van der Waals surface area contributed by atoms with Gasteiger partial charge in [0.1, 0.15) is 5.82 Å². The molecule has 2 aromatic heterocycles. The molecule has 0 amide bonds. The number of hydrogen-bond acceptors (Lipinski definition) is 6. The molecule has 0 aliphatic carbocycles. The first-order chi connectivity index (χ1) is 14.1. The Kier molecular flexibility index (Phi) is 5.87. The summed E-state index contributed by atoms with van der Waals surface area (Å²) in [5.41, 5.74) is 1.52. The van der Waals surface area contributed by atoms with E-state index >= 15 is 0 Å². The molecule has 150 valence electrons. The minimum absolute atomic E-state index is 0.209. The van der Waals surface area contributed by atoms with Crippen LogP contribution in [0.5, 0.6) is 11.6 Å².